The van der Waals surface area contributed by atoms with Gasteiger partial charge in [-0.15, -0.1) is 0 Å². The van der Waals surface area contributed by atoms with Crippen LogP contribution >= 0.6 is 0 Å². The third-order valence-electron chi connectivity index (χ3n) is 2.26. The van der Waals surface area contributed by atoms with Crippen molar-refractivity contribution >= 4 is 5.69 Å². The molecular weight excluding hydrogens is 202 g/mol. The summed E-state index contributed by atoms with van der Waals surface area (Å²) in [6.45, 7) is 1.92. The van der Waals surface area contributed by atoms with Crippen molar-refractivity contribution in [2.24, 2.45) is 0 Å². The minimum Gasteiger partial charge on any atom is -0.480 e. The van der Waals surface area contributed by atoms with Gasteiger partial charge in [-0.25, -0.2) is 4.98 Å². The molecule has 0 amide bonds. The number of hydrogen-bond donors (Lipinski definition) is 1. The summed E-state index contributed by atoms with van der Waals surface area (Å²) >= 11 is 0. The number of methoxy groups -OCH3 is 1. The Bertz CT molecular complexity index is 494. The maximum atomic E-state index is 5.59. The van der Waals surface area contributed by atoms with Crippen LogP contribution in [0.5, 0.6) is 5.88 Å². The molecule has 4 nitrogen and oxygen atoms in total. The van der Waals surface area contributed by atoms with Crippen LogP contribution in [0.25, 0.3) is 11.3 Å². The molecule has 0 saturated carbocycles. The van der Waals surface area contributed by atoms with E-state index in [0.29, 0.717) is 11.6 Å². The van der Waals surface area contributed by atoms with E-state index in [1.54, 1.807) is 13.3 Å². The maximum absolute atomic E-state index is 5.59. The molecule has 0 unspecified atom stereocenters. The molecule has 0 aromatic carbocycles. The SMILES string of the molecule is COc1nc(C)ccc1-c1ccc(N)cn1. The van der Waals surface area contributed by atoms with Crippen molar-refractivity contribution in [2.45, 2.75) is 6.92 Å². The Morgan fingerprint density at radius 1 is 1.19 bits per heavy atom. The van der Waals surface area contributed by atoms with Crippen molar-refractivity contribution < 1.29 is 4.74 Å². The van der Waals surface area contributed by atoms with Crippen molar-refractivity contribution in [3.8, 4) is 17.1 Å². The van der Waals surface area contributed by atoms with Gasteiger partial charge in [0.05, 0.1) is 30.3 Å². The first-order chi connectivity index (χ1) is 7.70. The molecule has 2 heterocycles. The number of aryl methyl sites for hydroxylation is 1. The van der Waals surface area contributed by atoms with Gasteiger partial charge < -0.3 is 10.5 Å². The van der Waals surface area contributed by atoms with Gasteiger partial charge in [0.2, 0.25) is 5.88 Å². The average Bonchev–Trinajstić information content (AvgIpc) is 2.30. The number of anilines is 1. The lowest BCUT2D eigenvalue weighted by atomic mass is 10.1. The summed E-state index contributed by atoms with van der Waals surface area (Å²) in [5, 5.41) is 0. The fraction of sp³-hybridized carbons (Fsp3) is 0.167. The zero-order chi connectivity index (χ0) is 11.5. The molecule has 0 aliphatic rings. The first-order valence-corrected chi connectivity index (χ1v) is 4.94. The molecule has 4 heteroatoms. The Kier molecular flexibility index (Phi) is 2.72. The highest BCUT2D eigenvalue weighted by atomic mass is 16.5. The van der Waals surface area contributed by atoms with Crippen molar-refractivity contribution in [1.29, 1.82) is 0 Å². The van der Waals surface area contributed by atoms with Crippen LogP contribution in [0.15, 0.2) is 30.5 Å². The van der Waals surface area contributed by atoms with Gasteiger partial charge in [0.1, 0.15) is 0 Å². The Balaban J connectivity index is 2.51. The lowest BCUT2D eigenvalue weighted by Crippen LogP contribution is -1.95. The summed E-state index contributed by atoms with van der Waals surface area (Å²) < 4.78 is 5.23. The van der Waals surface area contributed by atoms with Gasteiger partial charge in [0.25, 0.3) is 0 Å². The van der Waals surface area contributed by atoms with E-state index >= 15 is 0 Å². The Labute approximate surface area is 94.1 Å². The second-order valence-electron chi connectivity index (χ2n) is 3.49. The molecule has 2 aromatic heterocycles. The summed E-state index contributed by atoms with van der Waals surface area (Å²) in [5.41, 5.74) is 8.82. The number of ether oxygens (including phenoxy) is 1. The highest BCUT2D eigenvalue weighted by Gasteiger charge is 2.08. The molecule has 2 rings (SSSR count). The van der Waals surface area contributed by atoms with Gasteiger partial charge in [-0.2, -0.15) is 0 Å². The summed E-state index contributed by atoms with van der Waals surface area (Å²) in [6, 6.07) is 7.53. The summed E-state index contributed by atoms with van der Waals surface area (Å²) in [4.78, 5) is 8.54. The molecule has 0 radical (unpaired) electrons. The van der Waals surface area contributed by atoms with Crippen molar-refractivity contribution in [3.05, 3.63) is 36.2 Å². The maximum Gasteiger partial charge on any atom is 0.222 e. The smallest absolute Gasteiger partial charge is 0.222 e. The Morgan fingerprint density at radius 2 is 2.00 bits per heavy atom. The first kappa shape index (κ1) is 10.4. The Morgan fingerprint density at radius 3 is 2.62 bits per heavy atom. The first-order valence-electron chi connectivity index (χ1n) is 4.94. The lowest BCUT2D eigenvalue weighted by Gasteiger charge is -2.07. The van der Waals surface area contributed by atoms with Crippen LogP contribution in [0.3, 0.4) is 0 Å². The summed E-state index contributed by atoms with van der Waals surface area (Å²) in [5.74, 6) is 0.581. The van der Waals surface area contributed by atoms with Crippen molar-refractivity contribution in [1.82, 2.24) is 9.97 Å². The van der Waals surface area contributed by atoms with E-state index in [4.69, 9.17) is 10.5 Å². The van der Waals surface area contributed by atoms with Crippen LogP contribution in [0.2, 0.25) is 0 Å². The fourth-order valence-corrected chi connectivity index (χ4v) is 1.45. The molecular formula is C12H13N3O. The van der Waals surface area contributed by atoms with E-state index in [1.807, 2.05) is 31.2 Å². The molecule has 0 bridgehead atoms. The van der Waals surface area contributed by atoms with Crippen LogP contribution in [-0.4, -0.2) is 17.1 Å². The highest BCUT2D eigenvalue weighted by molar-refractivity contribution is 5.66. The molecule has 0 spiro atoms. The molecule has 82 valence electrons. The lowest BCUT2D eigenvalue weighted by molar-refractivity contribution is 0.398. The topological polar surface area (TPSA) is 61.0 Å². The molecule has 0 aliphatic carbocycles. The van der Waals surface area contributed by atoms with Crippen LogP contribution in [0, 0.1) is 6.92 Å². The van der Waals surface area contributed by atoms with Crippen LogP contribution in [0.4, 0.5) is 5.69 Å². The predicted octanol–water partition coefficient (Wildman–Crippen LogP) is 2.04. The highest BCUT2D eigenvalue weighted by Crippen LogP contribution is 2.26. The molecule has 16 heavy (non-hydrogen) atoms. The summed E-state index contributed by atoms with van der Waals surface area (Å²) in [7, 11) is 1.60. The van der Waals surface area contributed by atoms with Gasteiger partial charge >= 0.3 is 0 Å². The van der Waals surface area contributed by atoms with Crippen LogP contribution < -0.4 is 10.5 Å². The van der Waals surface area contributed by atoms with Gasteiger partial charge in [-0.1, -0.05) is 0 Å². The van der Waals surface area contributed by atoms with E-state index in [-0.39, 0.29) is 0 Å². The molecule has 2 N–H and O–H groups in total. The third kappa shape index (κ3) is 1.95. The standard InChI is InChI=1S/C12H13N3O/c1-8-3-5-10(12(15-8)16-2)11-6-4-9(13)7-14-11/h3-7H,13H2,1-2H3. The largest absolute Gasteiger partial charge is 0.480 e. The number of hydrogen-bond acceptors (Lipinski definition) is 4. The van der Waals surface area contributed by atoms with Crippen LogP contribution in [0.1, 0.15) is 5.69 Å². The second kappa shape index (κ2) is 4.18. The van der Waals surface area contributed by atoms with Gasteiger partial charge in [0, 0.05) is 5.69 Å². The van der Waals surface area contributed by atoms with E-state index in [1.165, 1.54) is 0 Å². The normalized spacial score (nSPS) is 10.1. The second-order valence-corrected chi connectivity index (χ2v) is 3.49. The van der Waals surface area contributed by atoms with E-state index in [9.17, 15) is 0 Å². The monoisotopic (exact) mass is 215 g/mol. The quantitative estimate of drug-likeness (QED) is 0.832. The van der Waals surface area contributed by atoms with Crippen molar-refractivity contribution in [3.63, 3.8) is 0 Å². The Hall–Kier alpha value is -2.10. The number of rotatable bonds is 2. The number of nitrogens with zero attached hydrogens (tertiary/aromatic N) is 2. The minimum atomic E-state index is 0.581. The number of pyridine rings is 2. The zero-order valence-electron chi connectivity index (χ0n) is 9.27. The molecule has 2 aromatic rings. The number of nitrogen functional groups attached to an aromatic ring is 1. The molecule has 0 atom stereocenters. The predicted molar refractivity (Wildman–Crippen MR) is 63.2 cm³/mol. The molecule has 0 fully saturated rings. The van der Waals surface area contributed by atoms with E-state index in [0.717, 1.165) is 17.0 Å². The molecule has 0 aliphatic heterocycles. The van der Waals surface area contributed by atoms with Gasteiger partial charge in [0.15, 0.2) is 0 Å². The minimum absolute atomic E-state index is 0.581. The number of nitrogens with two attached hydrogens (primary N) is 1. The van der Waals surface area contributed by atoms with Gasteiger partial charge in [-0.05, 0) is 31.2 Å². The van der Waals surface area contributed by atoms with Gasteiger partial charge in [-0.3, -0.25) is 4.98 Å². The fourth-order valence-electron chi connectivity index (χ4n) is 1.45. The van der Waals surface area contributed by atoms with E-state index in [2.05, 4.69) is 9.97 Å². The zero-order valence-corrected chi connectivity index (χ0v) is 9.27. The number of aromatic nitrogens is 2. The van der Waals surface area contributed by atoms with Crippen molar-refractivity contribution in [2.75, 3.05) is 12.8 Å². The summed E-state index contributed by atoms with van der Waals surface area (Å²) in [6.07, 6.45) is 1.62. The van der Waals surface area contributed by atoms with Crippen LogP contribution in [-0.2, 0) is 0 Å². The van der Waals surface area contributed by atoms with E-state index < -0.39 is 0 Å². The molecule has 0 saturated heterocycles. The average molecular weight is 215 g/mol. The third-order valence-corrected chi connectivity index (χ3v) is 2.26.